The minimum Gasteiger partial charge on any atom is -0.464 e. The summed E-state index contributed by atoms with van der Waals surface area (Å²) in [5.74, 6) is 0.619. The number of rotatable bonds is 8. The number of carbonyl (C=O) groups is 1. The fourth-order valence-corrected chi connectivity index (χ4v) is 7.48. The average Bonchev–Trinajstić information content (AvgIpc) is 3.49. The summed E-state index contributed by atoms with van der Waals surface area (Å²) in [7, 11) is -3.09. The summed E-state index contributed by atoms with van der Waals surface area (Å²) in [6, 6.07) is 3.26. The topological polar surface area (TPSA) is 102 Å². The molecule has 4 rings (SSSR count). The predicted molar refractivity (Wildman–Crippen MR) is 127 cm³/mol. The van der Waals surface area contributed by atoms with Gasteiger partial charge in [-0.1, -0.05) is 17.8 Å². The quantitative estimate of drug-likeness (QED) is 0.270. The third-order valence-electron chi connectivity index (χ3n) is 5.39. The van der Waals surface area contributed by atoms with Crippen LogP contribution in [0.1, 0.15) is 13.3 Å². The fourth-order valence-electron chi connectivity index (χ4n) is 3.89. The Balaban J connectivity index is 1.61. The number of nitrogens with zero attached hydrogens (tertiary/aromatic N) is 3. The number of thiophene rings is 1. The molecule has 11 heteroatoms. The Bertz CT molecular complexity index is 1310. The number of thioether (sulfide) groups is 1. The summed E-state index contributed by atoms with van der Waals surface area (Å²) in [6.07, 6.45) is 3.63. The predicted octanol–water partition coefficient (Wildman–Crippen LogP) is 3.03. The molecule has 1 aliphatic rings. The Morgan fingerprint density at radius 2 is 2.31 bits per heavy atom. The van der Waals surface area contributed by atoms with E-state index in [1.54, 1.807) is 29.4 Å². The molecule has 170 valence electrons. The van der Waals surface area contributed by atoms with E-state index in [2.05, 4.69) is 11.6 Å². The van der Waals surface area contributed by atoms with E-state index in [1.165, 1.54) is 27.7 Å². The molecule has 0 aliphatic carbocycles. The van der Waals surface area contributed by atoms with Crippen LogP contribution in [0.2, 0.25) is 0 Å². The van der Waals surface area contributed by atoms with Gasteiger partial charge in [0.2, 0.25) is 5.91 Å². The van der Waals surface area contributed by atoms with Crippen LogP contribution in [-0.4, -0.2) is 58.6 Å². The van der Waals surface area contributed by atoms with Crippen molar-refractivity contribution < 1.29 is 17.6 Å². The third-order valence-corrected chi connectivity index (χ3v) is 8.98. The molecule has 1 fully saturated rings. The zero-order chi connectivity index (χ0) is 22.9. The van der Waals surface area contributed by atoms with Gasteiger partial charge in [0.05, 0.1) is 28.9 Å². The molecule has 32 heavy (non-hydrogen) atoms. The first-order valence-electron chi connectivity index (χ1n) is 10.1. The smallest absolute Gasteiger partial charge is 0.263 e. The number of sulfone groups is 1. The Labute approximate surface area is 193 Å². The first-order chi connectivity index (χ1) is 15.3. The molecule has 1 amide bonds. The first-order valence-corrected chi connectivity index (χ1v) is 13.8. The lowest BCUT2D eigenvalue weighted by Crippen LogP contribution is -2.42. The molecule has 0 saturated carbocycles. The molecule has 3 aromatic rings. The second kappa shape index (κ2) is 9.24. The summed E-state index contributed by atoms with van der Waals surface area (Å²) in [5, 5.41) is 2.75. The van der Waals surface area contributed by atoms with Crippen molar-refractivity contribution in [3.8, 4) is 11.3 Å². The lowest BCUT2D eigenvalue weighted by atomic mass is 10.2. The molecule has 1 atom stereocenters. The molecule has 1 unspecified atom stereocenters. The van der Waals surface area contributed by atoms with Gasteiger partial charge in [0.25, 0.3) is 5.56 Å². The minimum atomic E-state index is -3.09. The zero-order valence-electron chi connectivity index (χ0n) is 17.5. The Kier molecular flexibility index (Phi) is 6.59. The highest BCUT2D eigenvalue weighted by atomic mass is 32.2. The van der Waals surface area contributed by atoms with E-state index < -0.39 is 9.84 Å². The maximum absolute atomic E-state index is 13.3. The number of furan rings is 1. The lowest BCUT2D eigenvalue weighted by molar-refractivity contribution is -0.129. The highest BCUT2D eigenvalue weighted by molar-refractivity contribution is 7.99. The second-order valence-corrected chi connectivity index (χ2v) is 11.5. The van der Waals surface area contributed by atoms with E-state index in [-0.39, 0.29) is 41.3 Å². The van der Waals surface area contributed by atoms with E-state index in [1.807, 2.05) is 12.3 Å². The number of fused-ring (bicyclic) bond motifs is 1. The summed E-state index contributed by atoms with van der Waals surface area (Å²) >= 11 is 2.53. The van der Waals surface area contributed by atoms with Gasteiger partial charge in [-0.2, -0.15) is 0 Å². The minimum absolute atomic E-state index is 0.00732. The van der Waals surface area contributed by atoms with E-state index in [0.29, 0.717) is 39.7 Å². The number of hydrogen-bond acceptors (Lipinski definition) is 8. The van der Waals surface area contributed by atoms with E-state index in [9.17, 15) is 18.0 Å². The summed E-state index contributed by atoms with van der Waals surface area (Å²) in [5.41, 5.74) is 0.476. The number of carbonyl (C=O) groups excluding carboxylic acids is 1. The van der Waals surface area contributed by atoms with Crippen LogP contribution in [0.4, 0.5) is 0 Å². The van der Waals surface area contributed by atoms with Crippen LogP contribution in [0.5, 0.6) is 0 Å². The monoisotopic (exact) mass is 493 g/mol. The molecule has 1 aliphatic heterocycles. The first kappa shape index (κ1) is 22.8. The molecule has 0 bridgehead atoms. The highest BCUT2D eigenvalue weighted by Gasteiger charge is 2.34. The van der Waals surface area contributed by atoms with Crippen molar-refractivity contribution in [2.45, 2.75) is 31.1 Å². The Morgan fingerprint density at radius 3 is 2.94 bits per heavy atom. The van der Waals surface area contributed by atoms with Crippen LogP contribution in [-0.2, 0) is 21.2 Å². The van der Waals surface area contributed by atoms with E-state index >= 15 is 0 Å². The highest BCUT2D eigenvalue weighted by Crippen LogP contribution is 2.32. The SMILES string of the molecule is C=CCn1c(SCC(=O)N(CC)C2CCS(=O)(=O)C2)nc2scc(-c3ccco3)c2c1=O. The molecule has 0 radical (unpaired) electrons. The van der Waals surface area contributed by atoms with E-state index in [0.717, 1.165) is 0 Å². The number of aromatic nitrogens is 2. The lowest BCUT2D eigenvalue weighted by Gasteiger charge is -2.26. The average molecular weight is 494 g/mol. The third kappa shape index (κ3) is 4.41. The van der Waals surface area contributed by atoms with Crippen molar-refractivity contribution in [2.24, 2.45) is 0 Å². The van der Waals surface area contributed by atoms with Crippen LogP contribution in [0.25, 0.3) is 21.5 Å². The van der Waals surface area contributed by atoms with Gasteiger partial charge in [0.1, 0.15) is 10.6 Å². The Morgan fingerprint density at radius 1 is 1.50 bits per heavy atom. The van der Waals surface area contributed by atoms with Crippen molar-refractivity contribution in [3.05, 3.63) is 46.8 Å². The van der Waals surface area contributed by atoms with Gasteiger partial charge in [-0.3, -0.25) is 14.2 Å². The van der Waals surface area contributed by atoms with Crippen molar-refractivity contribution in [3.63, 3.8) is 0 Å². The zero-order valence-corrected chi connectivity index (χ0v) is 20.0. The summed E-state index contributed by atoms with van der Waals surface area (Å²) in [4.78, 5) is 33.0. The standard InChI is InChI=1S/C21H23N3O5S3/c1-3-8-24-20(26)18-15(16-6-5-9-29-16)11-30-19(18)22-21(24)31-12-17(25)23(4-2)14-7-10-32(27,28)13-14/h3,5-6,9,11,14H,1,4,7-8,10,12-13H2,2H3. The molecule has 4 heterocycles. The van der Waals surface area contributed by atoms with Crippen molar-refractivity contribution in [2.75, 3.05) is 23.8 Å². The van der Waals surface area contributed by atoms with Gasteiger partial charge in [0, 0.05) is 30.1 Å². The molecular weight excluding hydrogens is 470 g/mol. The van der Waals surface area contributed by atoms with Gasteiger partial charge in [-0.15, -0.1) is 17.9 Å². The summed E-state index contributed by atoms with van der Waals surface area (Å²) in [6.45, 7) is 6.26. The molecular formula is C21H23N3O5S3. The van der Waals surface area contributed by atoms with Crippen molar-refractivity contribution in [1.82, 2.24) is 14.5 Å². The molecule has 0 N–H and O–H groups in total. The van der Waals surface area contributed by atoms with Gasteiger partial charge in [-0.05, 0) is 25.5 Å². The number of amides is 1. The molecule has 0 spiro atoms. The van der Waals surface area contributed by atoms with Gasteiger partial charge in [0.15, 0.2) is 15.0 Å². The molecule has 1 saturated heterocycles. The van der Waals surface area contributed by atoms with E-state index in [4.69, 9.17) is 4.42 Å². The van der Waals surface area contributed by atoms with Gasteiger partial charge < -0.3 is 9.32 Å². The van der Waals surface area contributed by atoms with Crippen LogP contribution >= 0.6 is 23.1 Å². The molecule has 0 aromatic carbocycles. The maximum Gasteiger partial charge on any atom is 0.263 e. The normalized spacial score (nSPS) is 17.6. The van der Waals surface area contributed by atoms with Crippen LogP contribution in [0, 0.1) is 0 Å². The fraction of sp³-hybridized carbons (Fsp3) is 0.381. The number of hydrogen-bond donors (Lipinski definition) is 0. The van der Waals surface area contributed by atoms with Crippen LogP contribution in [0.3, 0.4) is 0 Å². The second-order valence-electron chi connectivity index (χ2n) is 7.43. The van der Waals surface area contributed by atoms with Gasteiger partial charge in [-0.25, -0.2) is 13.4 Å². The number of allylic oxidation sites excluding steroid dienone is 1. The van der Waals surface area contributed by atoms with Crippen molar-refractivity contribution in [1.29, 1.82) is 0 Å². The molecule has 3 aromatic heterocycles. The summed E-state index contributed by atoms with van der Waals surface area (Å²) < 4.78 is 30.6. The van der Waals surface area contributed by atoms with Gasteiger partial charge >= 0.3 is 0 Å². The van der Waals surface area contributed by atoms with Crippen molar-refractivity contribution >= 4 is 49.1 Å². The van der Waals surface area contributed by atoms with Crippen LogP contribution in [0.15, 0.2) is 50.8 Å². The maximum atomic E-state index is 13.3. The Hall–Kier alpha value is -2.37. The molecule has 8 nitrogen and oxygen atoms in total. The van der Waals surface area contributed by atoms with Crippen LogP contribution < -0.4 is 5.56 Å². The largest absolute Gasteiger partial charge is 0.464 e.